The van der Waals surface area contributed by atoms with Gasteiger partial charge in [0.25, 0.3) is 5.91 Å². The lowest BCUT2D eigenvalue weighted by Crippen LogP contribution is -2.28. The van der Waals surface area contributed by atoms with E-state index in [1.54, 1.807) is 11.3 Å². The maximum absolute atomic E-state index is 12.7. The van der Waals surface area contributed by atoms with Crippen LogP contribution in [0.2, 0.25) is 0 Å². The van der Waals surface area contributed by atoms with Crippen molar-refractivity contribution >= 4 is 43.4 Å². The Bertz CT molecular complexity index is 907. The lowest BCUT2D eigenvalue weighted by molar-refractivity contribution is 0.0943. The summed E-state index contributed by atoms with van der Waals surface area (Å²) in [6, 6.07) is 10.5. The minimum Gasteiger partial charge on any atom is -0.350 e. The van der Waals surface area contributed by atoms with Gasteiger partial charge < -0.3 is 9.88 Å². The molecule has 0 aliphatic heterocycles. The van der Waals surface area contributed by atoms with Crippen molar-refractivity contribution in [1.29, 1.82) is 0 Å². The van der Waals surface area contributed by atoms with Crippen molar-refractivity contribution in [1.82, 2.24) is 9.88 Å². The first-order valence-electron chi connectivity index (χ1n) is 8.22. The van der Waals surface area contributed by atoms with E-state index in [4.69, 9.17) is 0 Å². The second-order valence-corrected chi connectivity index (χ2v) is 8.32. The summed E-state index contributed by atoms with van der Waals surface area (Å²) in [6.07, 6.45) is 2.48. The number of hydrogen-bond donors (Lipinski definition) is 1. The first kappa shape index (κ1) is 15.9. The molecule has 0 atom stereocenters. The van der Waals surface area contributed by atoms with Gasteiger partial charge in [0.05, 0.1) is 14.7 Å². The quantitative estimate of drug-likeness (QED) is 0.642. The van der Waals surface area contributed by atoms with Crippen LogP contribution in [-0.4, -0.2) is 17.0 Å². The molecule has 2 aromatic heterocycles. The molecule has 0 unspecified atom stereocenters. The highest BCUT2D eigenvalue weighted by Crippen LogP contribution is 2.34. The number of carbonyl (C=O) groups is 1. The molecule has 0 spiro atoms. The van der Waals surface area contributed by atoms with Crippen LogP contribution < -0.4 is 5.32 Å². The fraction of sp³-hybridized carbons (Fsp3) is 0.316. The van der Waals surface area contributed by atoms with Crippen molar-refractivity contribution in [2.75, 3.05) is 6.54 Å². The van der Waals surface area contributed by atoms with Crippen LogP contribution in [0.15, 0.2) is 40.2 Å². The molecule has 3 nitrogen and oxygen atoms in total. The van der Waals surface area contributed by atoms with Crippen LogP contribution in [0, 0.1) is 12.8 Å². The van der Waals surface area contributed by atoms with Crippen molar-refractivity contribution in [3.05, 3.63) is 57.0 Å². The van der Waals surface area contributed by atoms with Gasteiger partial charge in [-0.05, 0) is 53.2 Å². The number of fused-ring (bicyclic) bond motifs is 1. The Hall–Kier alpha value is -1.59. The lowest BCUT2D eigenvalue weighted by atomic mass is 10.1. The highest BCUT2D eigenvalue weighted by atomic mass is 79.9. The first-order valence-corrected chi connectivity index (χ1v) is 9.89. The molecule has 3 aromatic rings. The van der Waals surface area contributed by atoms with Gasteiger partial charge in [-0.3, -0.25) is 4.79 Å². The summed E-state index contributed by atoms with van der Waals surface area (Å²) < 4.78 is 4.33. The molecule has 0 radical (unpaired) electrons. The van der Waals surface area contributed by atoms with E-state index < -0.39 is 0 Å². The molecule has 124 valence electrons. The maximum atomic E-state index is 12.7. The summed E-state index contributed by atoms with van der Waals surface area (Å²) in [6.45, 7) is 3.59. The fourth-order valence-electron chi connectivity index (χ4n) is 3.03. The summed E-state index contributed by atoms with van der Waals surface area (Å²) in [5, 5.41) is 5.18. The number of aromatic nitrogens is 1. The summed E-state index contributed by atoms with van der Waals surface area (Å²) >= 11 is 5.31. The lowest BCUT2D eigenvalue weighted by Gasteiger charge is -2.12. The molecule has 1 aliphatic rings. The number of aryl methyl sites for hydroxylation is 1. The number of rotatable bonds is 5. The van der Waals surface area contributed by atoms with Crippen LogP contribution in [0.3, 0.4) is 0 Å². The van der Waals surface area contributed by atoms with Crippen LogP contribution in [0.1, 0.15) is 34.5 Å². The van der Waals surface area contributed by atoms with Gasteiger partial charge in [-0.25, -0.2) is 0 Å². The number of thiophene rings is 1. The van der Waals surface area contributed by atoms with Crippen LogP contribution in [0.4, 0.5) is 0 Å². The van der Waals surface area contributed by atoms with Gasteiger partial charge in [-0.2, -0.15) is 0 Å². The van der Waals surface area contributed by atoms with E-state index in [0.717, 1.165) is 26.9 Å². The Morgan fingerprint density at radius 3 is 2.96 bits per heavy atom. The molecule has 24 heavy (non-hydrogen) atoms. The Morgan fingerprint density at radius 2 is 2.21 bits per heavy atom. The normalized spacial score (nSPS) is 14.2. The topological polar surface area (TPSA) is 34.0 Å². The predicted octanol–water partition coefficient (Wildman–Crippen LogP) is 4.96. The zero-order valence-corrected chi connectivity index (χ0v) is 15.9. The Labute approximate surface area is 153 Å². The van der Waals surface area contributed by atoms with Gasteiger partial charge >= 0.3 is 0 Å². The molecule has 2 heterocycles. The highest BCUT2D eigenvalue weighted by molar-refractivity contribution is 9.10. The van der Waals surface area contributed by atoms with E-state index in [2.05, 4.69) is 62.4 Å². The number of carbonyl (C=O) groups excluding carboxylic acids is 1. The van der Waals surface area contributed by atoms with Gasteiger partial charge in [0.2, 0.25) is 0 Å². The zero-order valence-electron chi connectivity index (χ0n) is 13.5. The van der Waals surface area contributed by atoms with E-state index in [1.807, 2.05) is 6.07 Å². The molecular weight excluding hydrogens is 384 g/mol. The Balaban J connectivity index is 1.71. The van der Waals surface area contributed by atoms with Crippen molar-refractivity contribution in [2.24, 2.45) is 5.92 Å². The molecule has 1 N–H and O–H groups in total. The molecule has 1 fully saturated rings. The van der Waals surface area contributed by atoms with E-state index in [1.165, 1.54) is 24.0 Å². The summed E-state index contributed by atoms with van der Waals surface area (Å²) in [5.41, 5.74) is 4.31. The van der Waals surface area contributed by atoms with E-state index in [-0.39, 0.29) is 5.91 Å². The number of hydrogen-bond acceptors (Lipinski definition) is 2. The van der Waals surface area contributed by atoms with Gasteiger partial charge in [0, 0.05) is 18.5 Å². The second kappa shape index (κ2) is 6.37. The van der Waals surface area contributed by atoms with Crippen molar-refractivity contribution in [3.63, 3.8) is 0 Å². The van der Waals surface area contributed by atoms with Crippen LogP contribution in [-0.2, 0) is 6.54 Å². The summed E-state index contributed by atoms with van der Waals surface area (Å²) in [5.74, 6) is 0.715. The SMILES string of the molecule is Cc1cccc(Cn2c(C(=O)NCC3CC3)cc3scc(Br)c32)c1. The van der Waals surface area contributed by atoms with Crippen molar-refractivity contribution in [2.45, 2.75) is 26.3 Å². The molecular formula is C19H19BrN2OS. The number of halogens is 1. The average molecular weight is 403 g/mol. The molecule has 1 aromatic carbocycles. The zero-order chi connectivity index (χ0) is 16.7. The molecule has 1 aliphatic carbocycles. The Morgan fingerprint density at radius 1 is 1.38 bits per heavy atom. The maximum Gasteiger partial charge on any atom is 0.267 e. The minimum absolute atomic E-state index is 0.0323. The number of amides is 1. The average Bonchev–Trinajstić information content (AvgIpc) is 3.22. The van der Waals surface area contributed by atoms with Crippen molar-refractivity contribution in [3.8, 4) is 0 Å². The largest absolute Gasteiger partial charge is 0.350 e. The monoisotopic (exact) mass is 402 g/mol. The smallest absolute Gasteiger partial charge is 0.267 e. The highest BCUT2D eigenvalue weighted by Gasteiger charge is 2.24. The number of nitrogens with one attached hydrogen (secondary N) is 1. The third kappa shape index (κ3) is 3.15. The molecule has 1 amide bonds. The molecule has 5 heteroatoms. The number of benzene rings is 1. The minimum atomic E-state index is 0.0323. The second-order valence-electron chi connectivity index (χ2n) is 6.55. The third-order valence-corrected chi connectivity index (χ3v) is 6.31. The first-order chi connectivity index (χ1) is 11.6. The fourth-order valence-corrected chi connectivity index (χ4v) is 4.72. The van der Waals surface area contributed by atoms with E-state index in [0.29, 0.717) is 12.5 Å². The van der Waals surface area contributed by atoms with Crippen LogP contribution in [0.25, 0.3) is 10.2 Å². The van der Waals surface area contributed by atoms with Gasteiger partial charge in [-0.15, -0.1) is 11.3 Å². The number of nitrogens with zero attached hydrogens (tertiary/aromatic N) is 1. The van der Waals surface area contributed by atoms with Gasteiger partial charge in [0.15, 0.2) is 0 Å². The third-order valence-electron chi connectivity index (χ3n) is 4.48. The van der Waals surface area contributed by atoms with E-state index in [9.17, 15) is 4.79 Å². The summed E-state index contributed by atoms with van der Waals surface area (Å²) in [4.78, 5) is 12.7. The van der Waals surface area contributed by atoms with Gasteiger partial charge in [-0.1, -0.05) is 29.8 Å². The standard InChI is InChI=1S/C19H19BrN2OS/c1-12-3-2-4-14(7-12)10-22-16(19(23)21-9-13-5-6-13)8-17-18(22)15(20)11-24-17/h2-4,7-8,11,13H,5-6,9-10H2,1H3,(H,21,23). The molecule has 4 rings (SSSR count). The summed E-state index contributed by atoms with van der Waals surface area (Å²) in [7, 11) is 0. The van der Waals surface area contributed by atoms with Gasteiger partial charge in [0.1, 0.15) is 5.69 Å². The molecule has 0 bridgehead atoms. The van der Waals surface area contributed by atoms with E-state index >= 15 is 0 Å². The molecule has 0 saturated heterocycles. The van der Waals surface area contributed by atoms with Crippen LogP contribution >= 0.6 is 27.3 Å². The van der Waals surface area contributed by atoms with Crippen molar-refractivity contribution < 1.29 is 4.79 Å². The van der Waals surface area contributed by atoms with Crippen LogP contribution in [0.5, 0.6) is 0 Å². The predicted molar refractivity (Wildman–Crippen MR) is 103 cm³/mol. The molecule has 1 saturated carbocycles. The Kier molecular flexibility index (Phi) is 4.22.